The number of nitrogens with one attached hydrogen (secondary N) is 1. The van der Waals surface area contributed by atoms with Crippen molar-refractivity contribution in [1.29, 1.82) is 0 Å². The topological polar surface area (TPSA) is 73.0 Å². The number of hydrogen-bond acceptors (Lipinski definition) is 5. The smallest absolute Gasteiger partial charge is 0.243 e. The van der Waals surface area contributed by atoms with Crippen LogP contribution >= 0.6 is 12.4 Å². The van der Waals surface area contributed by atoms with E-state index in [0.717, 1.165) is 25.7 Å². The highest BCUT2D eigenvalue weighted by atomic mass is 35.5. The minimum Gasteiger partial charge on any atom is -0.339 e. The molecule has 1 aromatic rings. The molecule has 0 aliphatic carbocycles. The van der Waals surface area contributed by atoms with E-state index in [0.29, 0.717) is 25.7 Å². The number of rotatable bonds is 4. The summed E-state index contributed by atoms with van der Waals surface area (Å²) in [5, 5.41) is 3.29. The van der Waals surface area contributed by atoms with E-state index in [2.05, 4.69) is 17.1 Å². The fraction of sp³-hybridized carbons (Fsp3) is 0.588. The molecule has 0 aromatic heterocycles. The van der Waals surface area contributed by atoms with Crippen molar-refractivity contribution in [3.05, 3.63) is 30.1 Å². The average Bonchev–Trinajstić information content (AvgIpc) is 2.63. The Bertz CT molecular complexity index is 756. The number of nitrogens with zero attached hydrogens (tertiary/aromatic N) is 3. The van der Waals surface area contributed by atoms with Gasteiger partial charge in [-0.2, -0.15) is 4.31 Å². The lowest BCUT2D eigenvalue weighted by molar-refractivity contribution is -0.134. The molecule has 7 nitrogen and oxygen atoms in total. The zero-order chi connectivity index (χ0) is 18.7. The molecule has 3 rings (SSSR count). The molecular weight excluding hydrogens is 395 g/mol. The molecule has 2 saturated heterocycles. The van der Waals surface area contributed by atoms with Gasteiger partial charge in [0.2, 0.25) is 15.9 Å². The fourth-order valence-electron chi connectivity index (χ4n) is 3.35. The molecule has 1 amide bonds. The summed E-state index contributed by atoms with van der Waals surface area (Å²) in [5.74, 6) is -0.549. The van der Waals surface area contributed by atoms with Crippen LogP contribution in [0.15, 0.2) is 29.2 Å². The van der Waals surface area contributed by atoms with E-state index in [1.54, 1.807) is 4.90 Å². The van der Waals surface area contributed by atoms with Crippen LogP contribution in [0.4, 0.5) is 4.39 Å². The van der Waals surface area contributed by atoms with Gasteiger partial charge in [-0.15, -0.1) is 12.4 Å². The van der Waals surface area contributed by atoms with Crippen LogP contribution in [-0.4, -0.2) is 86.8 Å². The van der Waals surface area contributed by atoms with Gasteiger partial charge in [0.25, 0.3) is 0 Å². The summed E-state index contributed by atoms with van der Waals surface area (Å²) < 4.78 is 39.9. The third-order valence-electron chi connectivity index (χ3n) is 5.00. The van der Waals surface area contributed by atoms with E-state index in [1.165, 1.54) is 22.5 Å². The molecule has 0 unspecified atom stereocenters. The molecule has 0 radical (unpaired) electrons. The van der Waals surface area contributed by atoms with E-state index >= 15 is 0 Å². The van der Waals surface area contributed by atoms with Crippen molar-refractivity contribution < 1.29 is 17.6 Å². The Morgan fingerprint density at radius 1 is 1.22 bits per heavy atom. The van der Waals surface area contributed by atoms with Gasteiger partial charge in [-0.05, 0) is 25.1 Å². The highest BCUT2D eigenvalue weighted by Gasteiger charge is 2.31. The van der Waals surface area contributed by atoms with Crippen LogP contribution in [0, 0.1) is 5.82 Å². The molecule has 1 N–H and O–H groups in total. The molecule has 2 heterocycles. The number of hydrogen-bond donors (Lipinski definition) is 1. The van der Waals surface area contributed by atoms with Gasteiger partial charge >= 0.3 is 0 Å². The summed E-state index contributed by atoms with van der Waals surface area (Å²) in [4.78, 5) is 16.3. The molecule has 2 aliphatic heterocycles. The third kappa shape index (κ3) is 5.17. The molecule has 152 valence electrons. The standard InChI is InChI=1S/C17H25FN4O3S.ClH/c1-14-12-19-5-6-21(14)13-17(23)20-7-9-22(10-8-20)26(24,25)16-4-2-3-15(18)11-16;/h2-4,11,14,19H,5-10,12-13H2,1H3;1H/t14-;/m1./s1. The van der Waals surface area contributed by atoms with Gasteiger partial charge in [-0.25, -0.2) is 12.8 Å². The van der Waals surface area contributed by atoms with Gasteiger partial charge in [0.05, 0.1) is 11.4 Å². The van der Waals surface area contributed by atoms with Crippen LogP contribution in [-0.2, 0) is 14.8 Å². The van der Waals surface area contributed by atoms with Gasteiger partial charge < -0.3 is 10.2 Å². The Labute approximate surface area is 166 Å². The fourth-order valence-corrected chi connectivity index (χ4v) is 4.80. The highest BCUT2D eigenvalue weighted by Crippen LogP contribution is 2.18. The lowest BCUT2D eigenvalue weighted by atomic mass is 10.2. The van der Waals surface area contributed by atoms with Crippen LogP contribution in [0.5, 0.6) is 0 Å². The predicted octanol–water partition coefficient (Wildman–Crippen LogP) is 0.374. The van der Waals surface area contributed by atoms with Gasteiger partial charge in [-0.1, -0.05) is 6.07 Å². The lowest BCUT2D eigenvalue weighted by Crippen LogP contribution is -2.56. The summed E-state index contributed by atoms with van der Waals surface area (Å²) in [5.41, 5.74) is 0. The number of halogens is 2. The quantitative estimate of drug-likeness (QED) is 0.762. The number of benzene rings is 1. The first-order chi connectivity index (χ1) is 12.4. The minimum atomic E-state index is -3.73. The number of carbonyl (C=O) groups is 1. The second kappa shape index (κ2) is 9.29. The second-order valence-electron chi connectivity index (χ2n) is 6.77. The maximum absolute atomic E-state index is 13.3. The van der Waals surface area contributed by atoms with E-state index in [4.69, 9.17) is 0 Å². The molecule has 0 saturated carbocycles. The summed E-state index contributed by atoms with van der Waals surface area (Å²) in [6.07, 6.45) is 0. The Kier molecular flexibility index (Phi) is 7.58. The molecule has 1 aromatic carbocycles. The van der Waals surface area contributed by atoms with Gasteiger partial charge in [0.1, 0.15) is 5.82 Å². The largest absolute Gasteiger partial charge is 0.339 e. The molecule has 0 spiro atoms. The molecule has 10 heteroatoms. The van der Waals surface area contributed by atoms with E-state index in [-0.39, 0.29) is 36.3 Å². The lowest BCUT2D eigenvalue weighted by Gasteiger charge is -2.37. The van der Waals surface area contributed by atoms with Gasteiger partial charge in [0.15, 0.2) is 0 Å². The molecule has 2 aliphatic rings. The van der Waals surface area contributed by atoms with Crippen LogP contribution < -0.4 is 5.32 Å². The van der Waals surface area contributed by atoms with E-state index in [1.807, 2.05) is 0 Å². The molecule has 27 heavy (non-hydrogen) atoms. The van der Waals surface area contributed by atoms with Crippen molar-refractivity contribution in [1.82, 2.24) is 19.4 Å². The van der Waals surface area contributed by atoms with Crippen molar-refractivity contribution in [3.63, 3.8) is 0 Å². The van der Waals surface area contributed by atoms with E-state index < -0.39 is 15.8 Å². The monoisotopic (exact) mass is 420 g/mol. The first-order valence-electron chi connectivity index (χ1n) is 8.86. The number of sulfonamides is 1. The zero-order valence-corrected chi connectivity index (χ0v) is 16.9. The Morgan fingerprint density at radius 3 is 2.56 bits per heavy atom. The van der Waals surface area contributed by atoms with Crippen LogP contribution in [0.1, 0.15) is 6.92 Å². The highest BCUT2D eigenvalue weighted by molar-refractivity contribution is 7.89. The molecule has 2 fully saturated rings. The first kappa shape index (κ1) is 22.0. The summed E-state index contributed by atoms with van der Waals surface area (Å²) in [6, 6.07) is 5.33. The minimum absolute atomic E-state index is 0. The number of piperazine rings is 2. The van der Waals surface area contributed by atoms with Crippen LogP contribution in [0.3, 0.4) is 0 Å². The normalized spacial score (nSPS) is 22.3. The van der Waals surface area contributed by atoms with Crippen LogP contribution in [0.2, 0.25) is 0 Å². The first-order valence-corrected chi connectivity index (χ1v) is 10.3. The predicted molar refractivity (Wildman–Crippen MR) is 103 cm³/mol. The zero-order valence-electron chi connectivity index (χ0n) is 15.3. The molecule has 0 bridgehead atoms. The van der Waals surface area contributed by atoms with Crippen molar-refractivity contribution in [2.45, 2.75) is 17.9 Å². The maximum atomic E-state index is 13.3. The maximum Gasteiger partial charge on any atom is 0.243 e. The van der Waals surface area contributed by atoms with Crippen molar-refractivity contribution >= 4 is 28.3 Å². The van der Waals surface area contributed by atoms with Crippen molar-refractivity contribution in [2.24, 2.45) is 0 Å². The third-order valence-corrected chi connectivity index (χ3v) is 6.90. The summed E-state index contributed by atoms with van der Waals surface area (Å²) >= 11 is 0. The Hall–Kier alpha value is -1.26. The van der Waals surface area contributed by atoms with E-state index in [9.17, 15) is 17.6 Å². The van der Waals surface area contributed by atoms with Crippen molar-refractivity contribution in [2.75, 3.05) is 52.4 Å². The SMILES string of the molecule is C[C@@H]1CNCCN1CC(=O)N1CCN(S(=O)(=O)c2cccc(F)c2)CC1.Cl. The molecule has 1 atom stereocenters. The van der Waals surface area contributed by atoms with Gasteiger partial charge in [0, 0.05) is 51.9 Å². The Balaban J connectivity index is 0.00000261. The summed E-state index contributed by atoms with van der Waals surface area (Å²) in [7, 11) is -3.73. The van der Waals surface area contributed by atoms with Crippen molar-refractivity contribution in [3.8, 4) is 0 Å². The molecular formula is C17H26ClFN4O3S. The summed E-state index contributed by atoms with van der Waals surface area (Å²) in [6.45, 7) is 6.18. The Morgan fingerprint density at radius 2 is 1.93 bits per heavy atom. The average molecular weight is 421 g/mol. The van der Waals surface area contributed by atoms with Crippen LogP contribution in [0.25, 0.3) is 0 Å². The number of carbonyl (C=O) groups excluding carboxylic acids is 1. The van der Waals surface area contributed by atoms with Gasteiger partial charge in [-0.3, -0.25) is 9.69 Å². The second-order valence-corrected chi connectivity index (χ2v) is 8.70. The number of amides is 1.